The van der Waals surface area contributed by atoms with Gasteiger partial charge in [-0.25, -0.2) is 26.3 Å². The molecule has 212 valence electrons. The number of benzene rings is 4. The van der Waals surface area contributed by atoms with Gasteiger partial charge in [0.25, 0.3) is 0 Å². The van der Waals surface area contributed by atoms with E-state index in [0.717, 1.165) is 36.8 Å². The molecule has 0 unspecified atom stereocenters. The molecule has 0 aliphatic heterocycles. The van der Waals surface area contributed by atoms with Gasteiger partial charge in [-0.15, -0.1) is 0 Å². The van der Waals surface area contributed by atoms with Crippen LogP contribution < -0.4 is 9.47 Å². The summed E-state index contributed by atoms with van der Waals surface area (Å²) < 4.78 is 123. The van der Waals surface area contributed by atoms with E-state index in [4.69, 9.17) is 4.74 Å². The Morgan fingerprint density at radius 2 is 1.37 bits per heavy atom. The van der Waals surface area contributed by atoms with Crippen LogP contribution >= 0.6 is 0 Å². The van der Waals surface area contributed by atoms with E-state index in [9.17, 15) is 35.1 Å². The van der Waals surface area contributed by atoms with Crippen molar-refractivity contribution in [1.82, 2.24) is 0 Å². The number of ether oxygens (including phenoxy) is 2. The quantitative estimate of drug-likeness (QED) is 0.0903. The second-order valence-electron chi connectivity index (χ2n) is 8.80. The molecule has 0 amide bonds. The maximum absolute atomic E-state index is 14.8. The third-order valence-electron chi connectivity index (χ3n) is 5.81. The lowest BCUT2D eigenvalue weighted by Crippen LogP contribution is -2.23. The van der Waals surface area contributed by atoms with E-state index < -0.39 is 52.3 Å². The van der Waals surface area contributed by atoms with Crippen molar-refractivity contribution in [1.29, 1.82) is 0 Å². The first-order chi connectivity index (χ1) is 19.5. The minimum absolute atomic E-state index is 0.0208. The van der Waals surface area contributed by atoms with Crippen molar-refractivity contribution < 1.29 is 44.6 Å². The minimum atomic E-state index is -4.15. The summed E-state index contributed by atoms with van der Waals surface area (Å²) in [6.07, 6.45) is -2.61. The highest BCUT2D eigenvalue weighted by Gasteiger charge is 2.38. The Balaban J connectivity index is 1.51. The van der Waals surface area contributed by atoms with Crippen molar-refractivity contribution in [3.05, 3.63) is 118 Å². The summed E-state index contributed by atoms with van der Waals surface area (Å²) in [5.74, 6) is -3.67. The van der Waals surface area contributed by atoms with E-state index in [1.165, 1.54) is 18.2 Å². The smallest absolute Gasteiger partial charge is 0.429 e. The van der Waals surface area contributed by atoms with Crippen LogP contribution in [0.3, 0.4) is 0 Å². The molecule has 4 aromatic carbocycles. The predicted molar refractivity (Wildman–Crippen MR) is 135 cm³/mol. The summed E-state index contributed by atoms with van der Waals surface area (Å²) in [6.45, 7) is 2.23. The number of halogens is 8. The summed E-state index contributed by atoms with van der Waals surface area (Å²) in [4.78, 5) is 0. The highest BCUT2D eigenvalue weighted by Crippen LogP contribution is 2.36. The Morgan fingerprint density at radius 3 is 2.00 bits per heavy atom. The fourth-order valence-corrected chi connectivity index (χ4v) is 3.70. The molecule has 0 saturated carbocycles. The van der Waals surface area contributed by atoms with Crippen LogP contribution in [0.25, 0.3) is 11.1 Å². The molecule has 0 bridgehead atoms. The van der Waals surface area contributed by atoms with E-state index in [1.807, 2.05) is 6.92 Å². The van der Waals surface area contributed by atoms with Crippen molar-refractivity contribution in [3.63, 3.8) is 0 Å². The van der Waals surface area contributed by atoms with Gasteiger partial charge in [0.15, 0.2) is 17.5 Å². The van der Waals surface area contributed by atoms with E-state index >= 15 is 0 Å². The molecular weight excluding hydrogens is 556 g/mol. The van der Waals surface area contributed by atoms with Gasteiger partial charge in [0.1, 0.15) is 34.5 Å². The van der Waals surface area contributed by atoms with Crippen molar-refractivity contribution in [2.45, 2.75) is 25.9 Å². The lowest BCUT2D eigenvalue weighted by molar-refractivity contribution is -0.187. The zero-order chi connectivity index (χ0) is 29.7. The van der Waals surface area contributed by atoms with Gasteiger partial charge in [-0.2, -0.15) is 8.78 Å². The summed E-state index contributed by atoms with van der Waals surface area (Å²) in [5.41, 5.74) is -1.66. The first-order valence-electron chi connectivity index (χ1n) is 12.2. The van der Waals surface area contributed by atoms with E-state index in [2.05, 4.69) is 16.6 Å². The molecule has 0 atom stereocenters. The van der Waals surface area contributed by atoms with Gasteiger partial charge >= 0.3 is 6.11 Å². The van der Waals surface area contributed by atoms with Crippen LogP contribution in [0.2, 0.25) is 0 Å². The zero-order valence-corrected chi connectivity index (χ0v) is 21.3. The Kier molecular flexibility index (Phi) is 8.86. The fraction of sp³-hybridized carbons (Fsp3) is 0.161. The van der Waals surface area contributed by atoms with Gasteiger partial charge in [-0.1, -0.05) is 31.3 Å². The largest absolute Gasteiger partial charge is 0.493 e. The van der Waals surface area contributed by atoms with E-state index in [0.29, 0.717) is 31.2 Å². The predicted octanol–water partition coefficient (Wildman–Crippen LogP) is 8.90. The van der Waals surface area contributed by atoms with Gasteiger partial charge < -0.3 is 9.47 Å². The Hall–Kier alpha value is -4.52. The summed E-state index contributed by atoms with van der Waals surface area (Å²) in [5, 5.41) is 0. The minimum Gasteiger partial charge on any atom is -0.493 e. The molecule has 0 aliphatic carbocycles. The molecule has 4 rings (SSSR count). The molecular formula is C31H20F8O2. The zero-order valence-electron chi connectivity index (χ0n) is 21.3. The number of hydrogen-bond donors (Lipinski definition) is 0. The lowest BCUT2D eigenvalue weighted by Gasteiger charge is -2.19. The Morgan fingerprint density at radius 1 is 0.683 bits per heavy atom. The van der Waals surface area contributed by atoms with Gasteiger partial charge in [-0.3, -0.25) is 0 Å². The van der Waals surface area contributed by atoms with Gasteiger partial charge in [0.05, 0.1) is 12.2 Å². The number of unbranched alkanes of at least 4 members (excludes halogenated alkanes) is 1. The van der Waals surface area contributed by atoms with E-state index in [-0.39, 0.29) is 28.0 Å². The molecule has 0 heterocycles. The lowest BCUT2D eigenvalue weighted by atomic mass is 10.0. The van der Waals surface area contributed by atoms with E-state index in [1.54, 1.807) is 0 Å². The molecule has 41 heavy (non-hydrogen) atoms. The third kappa shape index (κ3) is 6.98. The SMILES string of the molecule is CCCCOc1ccc(C(F)(F)Oc2ccc(-c3ccc(C#Cc4cc(F)c(F)c(F)c4)c(F)c3)c(F)c2)c(F)c1. The summed E-state index contributed by atoms with van der Waals surface area (Å²) in [6, 6.07) is 10.2. The molecule has 2 nitrogen and oxygen atoms in total. The molecule has 0 radical (unpaired) electrons. The summed E-state index contributed by atoms with van der Waals surface area (Å²) in [7, 11) is 0. The number of hydrogen-bond acceptors (Lipinski definition) is 2. The monoisotopic (exact) mass is 576 g/mol. The topological polar surface area (TPSA) is 18.5 Å². The van der Waals surface area contributed by atoms with Crippen molar-refractivity contribution >= 4 is 0 Å². The van der Waals surface area contributed by atoms with Crippen molar-refractivity contribution in [2.75, 3.05) is 6.61 Å². The second-order valence-corrected chi connectivity index (χ2v) is 8.80. The molecule has 0 spiro atoms. The molecule has 0 fully saturated rings. The molecule has 0 aliphatic rings. The average molecular weight is 576 g/mol. The number of alkyl halides is 2. The van der Waals surface area contributed by atoms with Crippen LogP contribution in [0, 0.1) is 46.7 Å². The number of rotatable bonds is 8. The highest BCUT2D eigenvalue weighted by atomic mass is 19.3. The summed E-state index contributed by atoms with van der Waals surface area (Å²) >= 11 is 0. The van der Waals surface area contributed by atoms with Crippen LogP contribution in [0.1, 0.15) is 36.5 Å². The first kappa shape index (κ1) is 29.5. The van der Waals surface area contributed by atoms with Crippen LogP contribution in [0.15, 0.2) is 66.7 Å². The van der Waals surface area contributed by atoms with Gasteiger partial charge in [0.2, 0.25) is 0 Å². The van der Waals surface area contributed by atoms with Gasteiger partial charge in [-0.05, 0) is 60.5 Å². The highest BCUT2D eigenvalue weighted by molar-refractivity contribution is 5.66. The standard InChI is InChI=1S/C31H20F8O2/c1-2-3-12-40-21-9-11-24(27(34)16-21)31(38,39)41-22-8-10-23(26(33)17-22)20-7-6-19(25(32)15-20)5-4-18-13-28(35)30(37)29(36)14-18/h6-11,13-17H,2-3,12H2,1H3. The third-order valence-corrected chi connectivity index (χ3v) is 5.81. The normalized spacial score (nSPS) is 11.1. The van der Waals surface area contributed by atoms with Crippen LogP contribution in [0.5, 0.6) is 11.5 Å². The maximum atomic E-state index is 14.8. The Labute approximate surface area is 230 Å². The Bertz CT molecular complexity index is 1620. The molecule has 0 saturated heterocycles. The average Bonchev–Trinajstić information content (AvgIpc) is 2.91. The van der Waals surface area contributed by atoms with Crippen LogP contribution in [0.4, 0.5) is 35.1 Å². The molecule has 10 heteroatoms. The fourth-order valence-electron chi connectivity index (χ4n) is 3.70. The van der Waals surface area contributed by atoms with Gasteiger partial charge in [0, 0.05) is 23.3 Å². The second kappa shape index (κ2) is 12.3. The molecule has 0 N–H and O–H groups in total. The van der Waals surface area contributed by atoms with Crippen LogP contribution in [-0.2, 0) is 6.11 Å². The van der Waals surface area contributed by atoms with Crippen molar-refractivity contribution in [2.24, 2.45) is 0 Å². The molecule has 0 aromatic heterocycles. The molecule has 4 aromatic rings. The first-order valence-corrected chi connectivity index (χ1v) is 12.2. The van der Waals surface area contributed by atoms with Crippen LogP contribution in [-0.4, -0.2) is 6.61 Å². The maximum Gasteiger partial charge on any atom is 0.429 e. The van der Waals surface area contributed by atoms with Crippen molar-refractivity contribution in [3.8, 4) is 34.5 Å².